The summed E-state index contributed by atoms with van der Waals surface area (Å²) >= 11 is 6.02. The van der Waals surface area contributed by atoms with Crippen molar-refractivity contribution >= 4 is 52.8 Å². The fourth-order valence-electron chi connectivity index (χ4n) is 5.10. The zero-order chi connectivity index (χ0) is 38.0. The number of amides is 2. The molecule has 0 saturated heterocycles. The third-order valence-corrected chi connectivity index (χ3v) is 8.29. The number of methoxy groups -OCH3 is 1. The number of rotatable bonds is 17. The Kier molecular flexibility index (Phi) is 12.4. The first-order valence-corrected chi connectivity index (χ1v) is 16.7. The first-order chi connectivity index (χ1) is 25.3. The van der Waals surface area contributed by atoms with Crippen LogP contribution in [0.4, 0.5) is 30.8 Å². The fraction of sp³-hybridized carbons (Fsp3) is 0.314. The van der Waals surface area contributed by atoms with E-state index in [2.05, 4.69) is 41.2 Å². The summed E-state index contributed by atoms with van der Waals surface area (Å²) in [6, 6.07) is 14.7. The molecule has 4 N–H and O–H groups in total. The van der Waals surface area contributed by atoms with E-state index in [1.165, 1.54) is 24.3 Å². The van der Waals surface area contributed by atoms with Gasteiger partial charge in [0.15, 0.2) is 6.61 Å². The first kappa shape index (κ1) is 38.4. The summed E-state index contributed by atoms with van der Waals surface area (Å²) in [5.74, 6) is -3.23. The van der Waals surface area contributed by atoms with Gasteiger partial charge in [-0.3, -0.25) is 19.4 Å². The van der Waals surface area contributed by atoms with Crippen LogP contribution in [0, 0.1) is 0 Å². The van der Waals surface area contributed by atoms with Crippen LogP contribution in [-0.2, 0) is 31.1 Å². The Morgan fingerprint density at radius 2 is 1.60 bits per heavy atom. The average molecular weight is 755 g/mol. The highest BCUT2D eigenvalue weighted by Gasteiger charge is 2.45. The molecule has 18 heteroatoms. The third kappa shape index (κ3) is 11.3. The lowest BCUT2D eigenvalue weighted by Crippen LogP contribution is -2.42. The van der Waals surface area contributed by atoms with Crippen LogP contribution in [0.5, 0.6) is 6.01 Å². The quantitative estimate of drug-likeness (QED) is 0.0863. The number of anilines is 3. The van der Waals surface area contributed by atoms with E-state index in [9.17, 15) is 32.3 Å². The number of ketones is 1. The molecule has 278 valence electrons. The van der Waals surface area contributed by atoms with Crippen molar-refractivity contribution in [3.63, 3.8) is 0 Å². The Balaban J connectivity index is 1.20. The second kappa shape index (κ2) is 17.1. The lowest BCUT2D eigenvalue weighted by atomic mass is 10.1. The number of Topliss-reactive ketones (excluding diaryl/α,β-unsaturated/α-hetero) is 1. The molecule has 1 aliphatic carbocycles. The van der Waals surface area contributed by atoms with Crippen LogP contribution in [0.15, 0.2) is 73.1 Å². The lowest BCUT2D eigenvalue weighted by molar-refractivity contribution is -0.154. The zero-order valence-corrected chi connectivity index (χ0v) is 29.0. The normalized spacial score (nSPS) is 13.6. The molecule has 0 unspecified atom stereocenters. The Morgan fingerprint density at radius 1 is 0.925 bits per heavy atom. The van der Waals surface area contributed by atoms with Gasteiger partial charge in [-0.15, -0.1) is 0 Å². The molecule has 53 heavy (non-hydrogen) atoms. The number of nitrogens with one attached hydrogen (secondary N) is 4. The van der Waals surface area contributed by atoms with E-state index >= 15 is 0 Å². The maximum atomic E-state index is 13.1. The molecule has 1 atom stereocenters. The maximum Gasteiger partial charge on any atom is 0.422 e. The van der Waals surface area contributed by atoms with E-state index in [1.54, 1.807) is 36.7 Å². The number of hydrogen-bond acceptors (Lipinski definition) is 12. The summed E-state index contributed by atoms with van der Waals surface area (Å²) in [5.41, 5.74) is 1.74. The molecular formula is C35H34ClF3N8O6. The van der Waals surface area contributed by atoms with Crippen molar-refractivity contribution in [3.8, 4) is 6.01 Å². The number of hydrogen-bond donors (Lipinski definition) is 4. The van der Waals surface area contributed by atoms with Crippen LogP contribution in [0.3, 0.4) is 0 Å². The minimum Gasteiger partial charge on any atom is -0.467 e. The smallest absolute Gasteiger partial charge is 0.422 e. The van der Waals surface area contributed by atoms with Gasteiger partial charge in [0.25, 0.3) is 11.8 Å². The van der Waals surface area contributed by atoms with Crippen molar-refractivity contribution in [1.82, 2.24) is 30.6 Å². The molecule has 2 aromatic carbocycles. The van der Waals surface area contributed by atoms with E-state index < -0.39 is 53.9 Å². The maximum absolute atomic E-state index is 13.1. The number of alkyl halides is 3. The SMILES string of the molecule is COC(=O)[C@H](CCC(=O)C(=O)NCCc1ccncc1)NC(=O)c1ccc(Nc2nc(NC3(c4ccc(Cl)cc4)CC3)nc(OCC(F)(F)F)n2)cc1. The fourth-order valence-corrected chi connectivity index (χ4v) is 5.22. The minimum atomic E-state index is -4.64. The predicted octanol–water partition coefficient (Wildman–Crippen LogP) is 4.69. The molecule has 2 aromatic heterocycles. The minimum absolute atomic E-state index is 0.0297. The number of carbonyl (C=O) groups is 4. The van der Waals surface area contributed by atoms with Crippen molar-refractivity contribution in [1.29, 1.82) is 0 Å². The van der Waals surface area contributed by atoms with Gasteiger partial charge in [0, 0.05) is 41.6 Å². The Bertz CT molecular complexity index is 1910. The molecule has 0 spiro atoms. The Labute approximate surface area is 306 Å². The van der Waals surface area contributed by atoms with Crippen molar-refractivity contribution in [2.24, 2.45) is 0 Å². The number of nitrogens with zero attached hydrogens (tertiary/aromatic N) is 4. The molecule has 14 nitrogen and oxygen atoms in total. The molecule has 2 heterocycles. The van der Waals surface area contributed by atoms with E-state index in [1.807, 2.05) is 12.1 Å². The summed E-state index contributed by atoms with van der Waals surface area (Å²) in [7, 11) is 1.12. The molecular weight excluding hydrogens is 721 g/mol. The second-order valence-corrected chi connectivity index (χ2v) is 12.4. The molecule has 4 aromatic rings. The molecule has 1 saturated carbocycles. The number of pyridine rings is 1. The molecule has 1 aliphatic rings. The number of ether oxygens (including phenoxy) is 2. The van der Waals surface area contributed by atoms with Gasteiger partial charge in [-0.05, 0) is 85.3 Å². The zero-order valence-electron chi connectivity index (χ0n) is 28.2. The van der Waals surface area contributed by atoms with Crippen molar-refractivity contribution in [2.75, 3.05) is 30.9 Å². The number of halogens is 4. The van der Waals surface area contributed by atoms with Crippen LogP contribution >= 0.6 is 11.6 Å². The number of benzene rings is 2. The van der Waals surface area contributed by atoms with Crippen LogP contribution in [-0.4, -0.2) is 76.0 Å². The van der Waals surface area contributed by atoms with Gasteiger partial charge in [0.1, 0.15) is 6.04 Å². The van der Waals surface area contributed by atoms with Crippen LogP contribution in [0.25, 0.3) is 0 Å². The molecule has 5 rings (SSSR count). The molecule has 0 bridgehead atoms. The summed E-state index contributed by atoms with van der Waals surface area (Å²) < 4.78 is 48.4. The monoisotopic (exact) mass is 754 g/mol. The largest absolute Gasteiger partial charge is 0.467 e. The third-order valence-electron chi connectivity index (χ3n) is 8.03. The summed E-state index contributed by atoms with van der Waals surface area (Å²) in [6.45, 7) is -1.40. The van der Waals surface area contributed by atoms with E-state index in [0.717, 1.165) is 18.2 Å². The Hall–Kier alpha value is -5.84. The van der Waals surface area contributed by atoms with E-state index in [0.29, 0.717) is 30.0 Å². The van der Waals surface area contributed by atoms with Crippen LogP contribution in [0.2, 0.25) is 5.02 Å². The first-order valence-electron chi connectivity index (χ1n) is 16.3. The second-order valence-electron chi connectivity index (χ2n) is 12.0. The van der Waals surface area contributed by atoms with Gasteiger partial charge < -0.3 is 30.7 Å². The summed E-state index contributed by atoms with van der Waals surface area (Å²) in [5, 5.41) is 11.7. The van der Waals surface area contributed by atoms with Gasteiger partial charge in [-0.1, -0.05) is 23.7 Å². The van der Waals surface area contributed by atoms with Crippen molar-refractivity contribution in [2.45, 2.75) is 49.9 Å². The summed E-state index contributed by atoms with van der Waals surface area (Å²) in [6.07, 6.45) is -0.0104. The van der Waals surface area contributed by atoms with Gasteiger partial charge in [0.2, 0.25) is 17.7 Å². The molecule has 1 fully saturated rings. The van der Waals surface area contributed by atoms with Gasteiger partial charge in [0.05, 0.1) is 12.6 Å². The van der Waals surface area contributed by atoms with Gasteiger partial charge >= 0.3 is 18.2 Å². The van der Waals surface area contributed by atoms with Crippen molar-refractivity contribution in [3.05, 3.63) is 94.8 Å². The number of esters is 1. The summed E-state index contributed by atoms with van der Waals surface area (Å²) in [4.78, 5) is 66.4. The highest BCUT2D eigenvalue weighted by atomic mass is 35.5. The molecule has 2 amide bonds. The molecule has 0 radical (unpaired) electrons. The topological polar surface area (TPSA) is 186 Å². The van der Waals surface area contributed by atoms with Crippen LogP contribution in [0.1, 0.15) is 47.2 Å². The van der Waals surface area contributed by atoms with Gasteiger partial charge in [-0.25, -0.2) is 4.79 Å². The number of carbonyl (C=O) groups excluding carboxylic acids is 4. The van der Waals surface area contributed by atoms with Gasteiger partial charge in [-0.2, -0.15) is 28.1 Å². The molecule has 0 aliphatic heterocycles. The predicted molar refractivity (Wildman–Crippen MR) is 186 cm³/mol. The van der Waals surface area contributed by atoms with E-state index in [4.69, 9.17) is 21.1 Å². The standard InChI is InChI=1S/C35H34ClF3N8O6/c1-52-30(51)26(10-11-27(48)29(50)41-19-14-21-12-17-40-18-13-21)43-28(49)22-2-8-25(9-3-22)42-31-44-32(46-33(45-31)53-20-35(37,38)39)47-34(15-16-34)23-4-6-24(36)7-5-23/h2-9,12-13,17-18,26H,10-11,14-16,19-20H2,1H3,(H,41,50)(H,43,49)(H2,42,44,45,46,47)/t26-/m0/s1. The highest BCUT2D eigenvalue weighted by Crippen LogP contribution is 2.48. The van der Waals surface area contributed by atoms with Crippen LogP contribution < -0.4 is 26.0 Å². The Morgan fingerprint density at radius 3 is 2.25 bits per heavy atom. The van der Waals surface area contributed by atoms with E-state index in [-0.39, 0.29) is 36.8 Å². The average Bonchev–Trinajstić information content (AvgIpc) is 3.92. The highest BCUT2D eigenvalue weighted by molar-refractivity contribution is 6.36. The van der Waals surface area contributed by atoms with Crippen molar-refractivity contribution < 1.29 is 41.8 Å². The lowest BCUT2D eigenvalue weighted by Gasteiger charge is -2.19. The number of aromatic nitrogens is 4.